The Bertz CT molecular complexity index is 582. The Morgan fingerprint density at radius 3 is 2.81 bits per heavy atom. The molecule has 1 aromatic heterocycles. The van der Waals surface area contributed by atoms with Gasteiger partial charge in [0.2, 0.25) is 5.89 Å². The lowest BCUT2D eigenvalue weighted by Crippen LogP contribution is -2.39. The smallest absolute Gasteiger partial charge is 0.226 e. The molecular formula is C15H19ClFN3O. The first-order chi connectivity index (χ1) is 9.70. The van der Waals surface area contributed by atoms with Crippen molar-refractivity contribution in [1.82, 2.24) is 9.88 Å². The van der Waals surface area contributed by atoms with E-state index in [9.17, 15) is 4.39 Å². The molecule has 2 aromatic rings. The molecule has 1 aliphatic rings. The molecule has 1 aliphatic heterocycles. The van der Waals surface area contributed by atoms with Crippen LogP contribution in [-0.4, -0.2) is 29.0 Å². The molecule has 21 heavy (non-hydrogen) atoms. The van der Waals surface area contributed by atoms with Crippen LogP contribution in [0.1, 0.15) is 18.5 Å². The molecule has 0 radical (unpaired) electrons. The van der Waals surface area contributed by atoms with Crippen molar-refractivity contribution >= 4 is 12.4 Å². The highest BCUT2D eigenvalue weighted by Gasteiger charge is 2.17. The molecular weight excluding hydrogens is 293 g/mol. The van der Waals surface area contributed by atoms with Gasteiger partial charge >= 0.3 is 0 Å². The van der Waals surface area contributed by atoms with Gasteiger partial charge in [0.25, 0.3) is 0 Å². The summed E-state index contributed by atoms with van der Waals surface area (Å²) in [4.78, 5) is 6.74. The van der Waals surface area contributed by atoms with E-state index in [4.69, 9.17) is 10.2 Å². The Hall–Kier alpha value is -1.43. The van der Waals surface area contributed by atoms with E-state index in [-0.39, 0.29) is 18.2 Å². The Labute approximate surface area is 129 Å². The van der Waals surface area contributed by atoms with Crippen LogP contribution < -0.4 is 5.73 Å². The number of nitrogens with zero attached hydrogens (tertiary/aromatic N) is 2. The molecule has 1 saturated heterocycles. The molecule has 2 heterocycles. The molecule has 4 nitrogen and oxygen atoms in total. The van der Waals surface area contributed by atoms with Crippen LogP contribution in [-0.2, 0) is 6.54 Å². The van der Waals surface area contributed by atoms with Crippen molar-refractivity contribution in [3.05, 3.63) is 42.0 Å². The van der Waals surface area contributed by atoms with Gasteiger partial charge in [0.05, 0.1) is 5.69 Å². The lowest BCUT2D eigenvalue weighted by molar-refractivity contribution is 0.203. The van der Waals surface area contributed by atoms with E-state index in [1.807, 2.05) is 0 Å². The van der Waals surface area contributed by atoms with E-state index in [1.54, 1.807) is 18.4 Å². The van der Waals surface area contributed by atoms with Crippen LogP contribution in [0.3, 0.4) is 0 Å². The van der Waals surface area contributed by atoms with Gasteiger partial charge in [-0.2, -0.15) is 0 Å². The summed E-state index contributed by atoms with van der Waals surface area (Å²) in [6, 6.07) is 6.60. The van der Waals surface area contributed by atoms with E-state index in [0.29, 0.717) is 17.5 Å². The van der Waals surface area contributed by atoms with Crippen LogP contribution in [0.15, 0.2) is 34.9 Å². The number of rotatable bonds is 3. The van der Waals surface area contributed by atoms with E-state index < -0.39 is 0 Å². The summed E-state index contributed by atoms with van der Waals surface area (Å²) in [6.07, 6.45) is 3.69. The molecule has 1 fully saturated rings. The van der Waals surface area contributed by atoms with Gasteiger partial charge in [-0.05, 0) is 31.0 Å². The Kier molecular flexibility index (Phi) is 5.33. The maximum Gasteiger partial charge on any atom is 0.226 e. The second kappa shape index (κ2) is 7.02. The van der Waals surface area contributed by atoms with Crippen molar-refractivity contribution in [3.63, 3.8) is 0 Å². The number of oxazole rings is 1. The first-order valence-electron chi connectivity index (χ1n) is 6.89. The van der Waals surface area contributed by atoms with Gasteiger partial charge in [0.1, 0.15) is 12.1 Å². The molecule has 0 amide bonds. The van der Waals surface area contributed by atoms with Crippen molar-refractivity contribution in [2.75, 3.05) is 13.1 Å². The topological polar surface area (TPSA) is 55.3 Å². The Morgan fingerprint density at radius 2 is 2.10 bits per heavy atom. The number of piperidine rings is 1. The largest absolute Gasteiger partial charge is 0.444 e. The molecule has 114 valence electrons. The van der Waals surface area contributed by atoms with Crippen LogP contribution in [0.25, 0.3) is 11.5 Å². The predicted molar refractivity (Wildman–Crippen MR) is 81.6 cm³/mol. The fourth-order valence-electron chi connectivity index (χ4n) is 2.47. The van der Waals surface area contributed by atoms with Crippen molar-refractivity contribution in [2.45, 2.75) is 25.4 Å². The van der Waals surface area contributed by atoms with Gasteiger partial charge in [-0.25, -0.2) is 9.37 Å². The van der Waals surface area contributed by atoms with E-state index in [0.717, 1.165) is 38.2 Å². The average Bonchev–Trinajstić information content (AvgIpc) is 2.90. The highest BCUT2D eigenvalue weighted by molar-refractivity contribution is 5.85. The molecule has 0 spiro atoms. The van der Waals surface area contributed by atoms with Gasteiger partial charge in [-0.3, -0.25) is 4.90 Å². The maximum atomic E-state index is 13.2. The third-order valence-electron chi connectivity index (χ3n) is 3.64. The lowest BCUT2D eigenvalue weighted by Gasteiger charge is -2.29. The fraction of sp³-hybridized carbons (Fsp3) is 0.400. The fourth-order valence-corrected chi connectivity index (χ4v) is 2.47. The highest BCUT2D eigenvalue weighted by atomic mass is 35.5. The zero-order chi connectivity index (χ0) is 13.9. The van der Waals surface area contributed by atoms with Crippen LogP contribution >= 0.6 is 12.4 Å². The number of nitrogens with two attached hydrogens (primary N) is 1. The van der Waals surface area contributed by atoms with Crippen molar-refractivity contribution in [2.24, 2.45) is 5.73 Å². The van der Waals surface area contributed by atoms with Crippen LogP contribution in [0, 0.1) is 5.82 Å². The van der Waals surface area contributed by atoms with Gasteiger partial charge in [0.15, 0.2) is 0 Å². The van der Waals surface area contributed by atoms with Crippen molar-refractivity contribution in [3.8, 4) is 11.5 Å². The van der Waals surface area contributed by atoms with Gasteiger partial charge in [-0.15, -0.1) is 12.4 Å². The third kappa shape index (κ3) is 4.03. The number of benzene rings is 1. The summed E-state index contributed by atoms with van der Waals surface area (Å²) in [7, 11) is 0. The van der Waals surface area contributed by atoms with Crippen LogP contribution in [0.4, 0.5) is 4.39 Å². The second-order valence-corrected chi connectivity index (χ2v) is 5.27. The van der Waals surface area contributed by atoms with Crippen LogP contribution in [0.2, 0.25) is 0 Å². The SMILES string of the molecule is Cl.NC1CCN(Cc2coc(-c3cccc(F)c3)n2)CC1. The molecule has 0 bridgehead atoms. The summed E-state index contributed by atoms with van der Waals surface area (Å²) in [5.74, 6) is 0.181. The van der Waals surface area contributed by atoms with Gasteiger partial charge in [-0.1, -0.05) is 6.07 Å². The summed E-state index contributed by atoms with van der Waals surface area (Å²) >= 11 is 0. The number of likely N-dealkylation sites (tertiary alicyclic amines) is 1. The molecule has 0 aliphatic carbocycles. The zero-order valence-electron chi connectivity index (χ0n) is 11.7. The Balaban J connectivity index is 0.00000161. The third-order valence-corrected chi connectivity index (χ3v) is 3.64. The average molecular weight is 312 g/mol. The molecule has 3 rings (SSSR count). The van der Waals surface area contributed by atoms with E-state index >= 15 is 0 Å². The summed E-state index contributed by atoms with van der Waals surface area (Å²) in [6.45, 7) is 2.73. The van der Waals surface area contributed by atoms with E-state index in [1.165, 1.54) is 12.1 Å². The second-order valence-electron chi connectivity index (χ2n) is 5.27. The number of halogens is 2. The standard InChI is InChI=1S/C15H18FN3O.ClH/c16-12-3-1-2-11(8-12)15-18-14(10-20-15)9-19-6-4-13(17)5-7-19;/h1-3,8,10,13H,4-7,9,17H2;1H. The predicted octanol–water partition coefficient (Wildman–Crippen LogP) is 2.83. The molecule has 1 aromatic carbocycles. The van der Waals surface area contributed by atoms with Crippen molar-refractivity contribution in [1.29, 1.82) is 0 Å². The molecule has 0 unspecified atom stereocenters. The highest BCUT2D eigenvalue weighted by Crippen LogP contribution is 2.20. The normalized spacial score (nSPS) is 16.7. The lowest BCUT2D eigenvalue weighted by atomic mass is 10.1. The van der Waals surface area contributed by atoms with Crippen molar-refractivity contribution < 1.29 is 8.81 Å². The van der Waals surface area contributed by atoms with Gasteiger partial charge < -0.3 is 10.2 Å². The summed E-state index contributed by atoms with van der Waals surface area (Å²) in [5, 5.41) is 0. The number of hydrogen-bond acceptors (Lipinski definition) is 4. The number of hydrogen-bond donors (Lipinski definition) is 1. The molecule has 0 saturated carbocycles. The van der Waals surface area contributed by atoms with Crippen LogP contribution in [0.5, 0.6) is 0 Å². The van der Waals surface area contributed by atoms with E-state index in [2.05, 4.69) is 9.88 Å². The summed E-state index contributed by atoms with van der Waals surface area (Å²) < 4.78 is 18.6. The quantitative estimate of drug-likeness (QED) is 0.947. The summed E-state index contributed by atoms with van der Waals surface area (Å²) in [5.41, 5.74) is 7.43. The van der Waals surface area contributed by atoms with Gasteiger partial charge in [0, 0.05) is 31.2 Å². The first kappa shape index (κ1) is 15.9. The molecule has 6 heteroatoms. The monoisotopic (exact) mass is 311 g/mol. The minimum absolute atomic E-state index is 0. The first-order valence-corrected chi connectivity index (χ1v) is 6.89. The molecule has 2 N–H and O–H groups in total. The Morgan fingerprint density at radius 1 is 1.33 bits per heavy atom. The number of aromatic nitrogens is 1. The molecule has 0 atom stereocenters. The minimum atomic E-state index is -0.285. The maximum absolute atomic E-state index is 13.2. The minimum Gasteiger partial charge on any atom is -0.444 e. The zero-order valence-corrected chi connectivity index (χ0v) is 12.5.